The van der Waals surface area contributed by atoms with Crippen LogP contribution in [0.3, 0.4) is 0 Å². The number of fused-ring (bicyclic) bond motifs is 4. The molecule has 2 aliphatic heterocycles. The Kier molecular flexibility index (Phi) is 14.6. The largest absolute Gasteiger partial charge is 0.391 e. The van der Waals surface area contributed by atoms with Gasteiger partial charge in [-0.15, -0.1) is 23.2 Å². The molecule has 0 aromatic carbocycles. The summed E-state index contributed by atoms with van der Waals surface area (Å²) in [5, 5.41) is 46.6. The van der Waals surface area contributed by atoms with Crippen molar-refractivity contribution in [3.63, 3.8) is 0 Å². The minimum Gasteiger partial charge on any atom is -0.391 e. The fourth-order valence-electron chi connectivity index (χ4n) is 10.5. The average Bonchev–Trinajstić information content (AvgIpc) is 3.05. The molecule has 5 saturated carbocycles. The Bertz CT molecular complexity index is 997. The molecule has 2 heterocycles. The van der Waals surface area contributed by atoms with Crippen LogP contribution in [0.15, 0.2) is 20.5 Å². The molecule has 15 atom stereocenters. The Hall–Kier alpha value is 0.243. The first-order valence-electron chi connectivity index (χ1n) is 18.8. The summed E-state index contributed by atoms with van der Waals surface area (Å²) in [6.07, 6.45) is 21.3. The second-order valence-corrected chi connectivity index (χ2v) is 16.9. The van der Waals surface area contributed by atoms with Gasteiger partial charge in [-0.25, -0.2) is 0 Å². The predicted octanol–water partition coefficient (Wildman–Crippen LogP) is 7.58. The number of rotatable bonds is 4. The summed E-state index contributed by atoms with van der Waals surface area (Å²) in [6.45, 7) is 2.94. The Morgan fingerprint density at radius 2 is 1.24 bits per heavy atom. The van der Waals surface area contributed by atoms with Gasteiger partial charge in [-0.2, -0.15) is 20.5 Å². The molecule has 0 spiro atoms. The first-order chi connectivity index (χ1) is 21.9. The van der Waals surface area contributed by atoms with Gasteiger partial charge >= 0.3 is 0 Å². The van der Waals surface area contributed by atoms with E-state index in [-0.39, 0.29) is 66.9 Å². The number of hydrogen-bond donors (Lipinski definition) is 4. The molecule has 46 heavy (non-hydrogen) atoms. The van der Waals surface area contributed by atoms with Gasteiger partial charge in [0.05, 0.1) is 23.6 Å². The monoisotopic (exact) mass is 730 g/mol. The topological polar surface area (TPSA) is 114 Å². The summed E-state index contributed by atoms with van der Waals surface area (Å²) in [6, 6.07) is 0.573. The SMILES string of the molecule is CC1CCCC(N=NC2C(O)CCC3CCCCC32)N1.OC1C2CCCCC2C2CCCCC2C1N=NC1NCC(Cl)CC1Cl.[Zn]. The van der Waals surface area contributed by atoms with Crippen molar-refractivity contribution >= 4 is 23.2 Å². The second-order valence-electron chi connectivity index (χ2n) is 15.7. The van der Waals surface area contributed by atoms with Crippen LogP contribution in [0.4, 0.5) is 0 Å². The Balaban J connectivity index is 0.000000182. The zero-order valence-electron chi connectivity index (χ0n) is 28.2. The molecule has 0 aromatic heterocycles. The van der Waals surface area contributed by atoms with E-state index in [2.05, 4.69) is 32.9 Å². The Labute approximate surface area is 300 Å². The van der Waals surface area contributed by atoms with Crippen molar-refractivity contribution in [2.45, 2.75) is 176 Å². The predicted molar refractivity (Wildman–Crippen MR) is 181 cm³/mol. The maximum absolute atomic E-state index is 11.1. The summed E-state index contributed by atoms with van der Waals surface area (Å²) in [7, 11) is 0. The van der Waals surface area contributed by atoms with Crippen LogP contribution in [0, 0.1) is 35.5 Å². The molecule has 11 heteroatoms. The first kappa shape index (κ1) is 37.5. The van der Waals surface area contributed by atoms with Crippen molar-refractivity contribution in [3.8, 4) is 0 Å². The van der Waals surface area contributed by atoms with Gasteiger partial charge in [-0.05, 0) is 113 Å². The van der Waals surface area contributed by atoms with E-state index in [1.807, 2.05) is 0 Å². The zero-order valence-corrected chi connectivity index (χ0v) is 32.7. The minimum absolute atomic E-state index is 0. The van der Waals surface area contributed by atoms with E-state index >= 15 is 0 Å². The van der Waals surface area contributed by atoms with Crippen molar-refractivity contribution < 1.29 is 29.7 Å². The molecule has 4 N–H and O–H groups in total. The van der Waals surface area contributed by atoms with Gasteiger partial charge in [0, 0.05) is 37.4 Å². The molecule has 7 fully saturated rings. The fourth-order valence-corrected chi connectivity index (χ4v) is 11.2. The molecular weight excluding hydrogens is 673 g/mol. The van der Waals surface area contributed by atoms with E-state index in [9.17, 15) is 10.2 Å². The minimum atomic E-state index is -0.327. The summed E-state index contributed by atoms with van der Waals surface area (Å²) in [4.78, 5) is 0. The van der Waals surface area contributed by atoms with Crippen LogP contribution >= 0.6 is 23.2 Å². The molecule has 0 radical (unpaired) electrons. The van der Waals surface area contributed by atoms with Gasteiger partial charge in [-0.1, -0.05) is 44.9 Å². The molecule has 0 bridgehead atoms. The molecule has 5 aliphatic carbocycles. The first-order valence-corrected chi connectivity index (χ1v) is 19.7. The fraction of sp³-hybridized carbons (Fsp3) is 1.00. The van der Waals surface area contributed by atoms with E-state index in [1.165, 1.54) is 89.9 Å². The number of piperidine rings is 2. The van der Waals surface area contributed by atoms with Crippen molar-refractivity contribution in [2.75, 3.05) is 6.54 Å². The van der Waals surface area contributed by atoms with Crippen LogP contribution in [-0.4, -0.2) is 70.2 Å². The average molecular weight is 733 g/mol. The van der Waals surface area contributed by atoms with Crippen LogP contribution in [0.25, 0.3) is 0 Å². The maximum atomic E-state index is 11.1. The third-order valence-electron chi connectivity index (χ3n) is 12.8. The van der Waals surface area contributed by atoms with E-state index in [0.29, 0.717) is 29.7 Å². The summed E-state index contributed by atoms with van der Waals surface area (Å²) >= 11 is 12.6. The van der Waals surface area contributed by atoms with E-state index in [4.69, 9.17) is 28.3 Å². The number of alkyl halides is 2. The van der Waals surface area contributed by atoms with E-state index < -0.39 is 0 Å². The molecule has 0 aromatic rings. The van der Waals surface area contributed by atoms with Gasteiger partial charge in [0.1, 0.15) is 18.4 Å². The molecular formula is C35H60Cl2N6O2Zn. The third kappa shape index (κ3) is 9.12. The number of nitrogens with one attached hydrogen (secondary N) is 2. The van der Waals surface area contributed by atoms with Crippen molar-refractivity contribution in [1.29, 1.82) is 0 Å². The van der Waals surface area contributed by atoms with E-state index in [1.54, 1.807) is 0 Å². The summed E-state index contributed by atoms with van der Waals surface area (Å²) in [5.74, 6) is 3.75. The number of hydrogen-bond acceptors (Lipinski definition) is 8. The zero-order chi connectivity index (χ0) is 31.3. The number of azo groups is 2. The molecule has 258 valence electrons. The molecule has 0 amide bonds. The maximum Gasteiger partial charge on any atom is 0.137 e. The van der Waals surface area contributed by atoms with Gasteiger partial charge < -0.3 is 10.2 Å². The van der Waals surface area contributed by atoms with Crippen molar-refractivity contribution in [2.24, 2.45) is 56.0 Å². The van der Waals surface area contributed by atoms with Gasteiger partial charge in [0.15, 0.2) is 0 Å². The smallest absolute Gasteiger partial charge is 0.137 e. The van der Waals surface area contributed by atoms with Gasteiger partial charge in [0.25, 0.3) is 0 Å². The Morgan fingerprint density at radius 3 is 1.96 bits per heavy atom. The van der Waals surface area contributed by atoms with Crippen LogP contribution in [-0.2, 0) is 19.5 Å². The quantitative estimate of drug-likeness (QED) is 0.136. The molecule has 7 aliphatic rings. The van der Waals surface area contributed by atoms with Gasteiger partial charge in [-0.3, -0.25) is 10.6 Å². The number of halogens is 2. The van der Waals surface area contributed by atoms with Crippen LogP contribution in [0.1, 0.15) is 122 Å². The normalized spacial score (nSPS) is 47.9. The molecule has 8 nitrogen and oxygen atoms in total. The number of nitrogens with zero attached hydrogens (tertiary/aromatic N) is 4. The molecule has 2 saturated heterocycles. The van der Waals surface area contributed by atoms with E-state index in [0.717, 1.165) is 44.1 Å². The van der Waals surface area contributed by atoms with Crippen molar-refractivity contribution in [3.05, 3.63) is 0 Å². The third-order valence-corrected chi connectivity index (χ3v) is 13.5. The molecule has 15 unspecified atom stereocenters. The summed E-state index contributed by atoms with van der Waals surface area (Å²) in [5.41, 5.74) is 0. The van der Waals surface area contributed by atoms with Crippen LogP contribution in [0.2, 0.25) is 0 Å². The number of aliphatic hydroxyl groups is 2. The van der Waals surface area contributed by atoms with Crippen LogP contribution < -0.4 is 10.6 Å². The molecule has 7 rings (SSSR count). The summed E-state index contributed by atoms with van der Waals surface area (Å²) < 4.78 is 0. The second kappa shape index (κ2) is 17.9. The van der Waals surface area contributed by atoms with Gasteiger partial charge in [0.2, 0.25) is 0 Å². The van der Waals surface area contributed by atoms with Crippen molar-refractivity contribution in [1.82, 2.24) is 10.6 Å². The standard InChI is InChI=1S/C19H31Cl2N3O.C16H29N3O.Zn/c20-11-9-16(21)19(22-10-11)24-23-17-14-7-3-1-5-12(14)13-6-2-4-8-15(13)18(17)25;1-11-5-4-8-15(17-11)18-19-16-13-7-3-2-6-12(13)9-10-14(16)20;/h11-19,22,25H,1-10H2;11-17,20H,2-10H2,1H3;. The number of aliphatic hydroxyl groups excluding tert-OH is 2. The van der Waals surface area contributed by atoms with Crippen LogP contribution in [0.5, 0.6) is 0 Å². The Morgan fingerprint density at radius 1 is 0.609 bits per heavy atom.